The van der Waals surface area contributed by atoms with E-state index in [4.69, 9.17) is 15.2 Å². The Hall–Kier alpha value is -1.77. The number of hydrogen-bond acceptors (Lipinski definition) is 7. The molecular weight excluding hydrogens is 304 g/mol. The smallest absolute Gasteiger partial charge is 0.263 e. The number of carbonyl (C=O) groups excluding carboxylic acids is 1. The number of ether oxygens (including phenoxy) is 2. The highest BCUT2D eigenvalue weighted by Crippen LogP contribution is 2.34. The van der Waals surface area contributed by atoms with Crippen LogP contribution in [0.2, 0.25) is 0 Å². The van der Waals surface area contributed by atoms with Gasteiger partial charge in [-0.3, -0.25) is 4.79 Å². The van der Waals surface area contributed by atoms with Gasteiger partial charge in [-0.25, -0.2) is 0 Å². The summed E-state index contributed by atoms with van der Waals surface area (Å²) in [6.45, 7) is 5.69. The lowest BCUT2D eigenvalue weighted by Gasteiger charge is -2.05. The van der Waals surface area contributed by atoms with Crippen molar-refractivity contribution in [2.75, 3.05) is 39.2 Å². The molecule has 22 heavy (non-hydrogen) atoms. The van der Waals surface area contributed by atoms with Gasteiger partial charge in [-0.1, -0.05) is 0 Å². The molecule has 1 amide bonds. The lowest BCUT2D eigenvalue weighted by atomic mass is 10.1. The van der Waals surface area contributed by atoms with E-state index >= 15 is 0 Å². The molecule has 2 rings (SSSR count). The first kappa shape index (κ1) is 16.6. The first-order chi connectivity index (χ1) is 10.6. The van der Waals surface area contributed by atoms with Crippen LogP contribution >= 0.6 is 11.3 Å². The van der Waals surface area contributed by atoms with E-state index in [-0.39, 0.29) is 5.91 Å². The number of amides is 1. The van der Waals surface area contributed by atoms with Crippen molar-refractivity contribution in [3.05, 3.63) is 16.1 Å². The average Bonchev–Trinajstić information content (AvgIpc) is 2.84. The summed E-state index contributed by atoms with van der Waals surface area (Å²) in [5, 5.41) is 11.8. The Morgan fingerprint density at radius 3 is 2.77 bits per heavy atom. The van der Waals surface area contributed by atoms with Crippen LogP contribution in [0.15, 0.2) is 0 Å². The fraction of sp³-hybridized carbons (Fsp3) is 0.500. The van der Waals surface area contributed by atoms with Crippen LogP contribution in [0.3, 0.4) is 0 Å². The molecule has 0 atom stereocenters. The van der Waals surface area contributed by atoms with E-state index < -0.39 is 0 Å². The van der Waals surface area contributed by atoms with Gasteiger partial charge < -0.3 is 20.5 Å². The molecule has 2 heterocycles. The van der Waals surface area contributed by atoms with Crippen LogP contribution in [-0.2, 0) is 9.47 Å². The zero-order valence-electron chi connectivity index (χ0n) is 12.9. The number of hydrogen-bond donors (Lipinski definition) is 2. The van der Waals surface area contributed by atoms with Gasteiger partial charge in [-0.2, -0.15) is 5.10 Å². The minimum atomic E-state index is -0.215. The number of nitrogens with zero attached hydrogens (tertiary/aromatic N) is 2. The van der Waals surface area contributed by atoms with Crippen LogP contribution in [0, 0.1) is 13.8 Å². The average molecular weight is 324 g/mol. The number of aromatic nitrogens is 2. The Balaban J connectivity index is 2.03. The summed E-state index contributed by atoms with van der Waals surface area (Å²) in [4.78, 5) is 13.4. The standard InChI is InChI=1S/C14H20N4O3S/c1-8-9(2)17-18-14-10(8)11(15)12(22-14)13(19)16-4-5-21-7-6-20-3/h4-7,15H2,1-3H3,(H,16,19). The van der Waals surface area contributed by atoms with Crippen molar-refractivity contribution in [3.63, 3.8) is 0 Å². The highest BCUT2D eigenvalue weighted by atomic mass is 32.1. The third-order valence-corrected chi connectivity index (χ3v) is 4.39. The fourth-order valence-electron chi connectivity index (χ4n) is 1.97. The predicted octanol–water partition coefficient (Wildman–Crippen LogP) is 1.28. The Labute approximate surface area is 132 Å². The zero-order chi connectivity index (χ0) is 16.1. The number of nitrogens with one attached hydrogen (secondary N) is 1. The number of nitrogens with two attached hydrogens (primary N) is 1. The number of rotatable bonds is 7. The van der Waals surface area contributed by atoms with Crippen LogP contribution in [0.25, 0.3) is 10.2 Å². The van der Waals surface area contributed by atoms with E-state index in [0.717, 1.165) is 16.6 Å². The maximum atomic E-state index is 12.2. The van der Waals surface area contributed by atoms with Crippen molar-refractivity contribution in [1.82, 2.24) is 15.5 Å². The van der Waals surface area contributed by atoms with Gasteiger partial charge in [0.05, 0.1) is 31.2 Å². The summed E-state index contributed by atoms with van der Waals surface area (Å²) in [7, 11) is 1.61. The van der Waals surface area contributed by atoms with Gasteiger partial charge in [0.1, 0.15) is 9.71 Å². The molecule has 3 N–H and O–H groups in total. The third kappa shape index (κ3) is 3.52. The Kier molecular flexibility index (Phi) is 5.64. The quantitative estimate of drug-likeness (QED) is 0.744. The molecule has 0 fully saturated rings. The third-order valence-electron chi connectivity index (χ3n) is 3.31. The summed E-state index contributed by atoms with van der Waals surface area (Å²) < 4.78 is 10.2. The van der Waals surface area contributed by atoms with Crippen molar-refractivity contribution in [2.24, 2.45) is 0 Å². The van der Waals surface area contributed by atoms with Gasteiger partial charge in [0.15, 0.2) is 0 Å². The molecule has 7 nitrogen and oxygen atoms in total. The van der Waals surface area contributed by atoms with Crippen molar-refractivity contribution in [2.45, 2.75) is 13.8 Å². The molecule has 2 aromatic rings. The van der Waals surface area contributed by atoms with Crippen molar-refractivity contribution < 1.29 is 14.3 Å². The van der Waals surface area contributed by atoms with Gasteiger partial charge in [-0.15, -0.1) is 16.4 Å². The highest BCUT2D eigenvalue weighted by molar-refractivity contribution is 7.21. The van der Waals surface area contributed by atoms with Crippen LogP contribution < -0.4 is 11.1 Å². The van der Waals surface area contributed by atoms with Gasteiger partial charge in [0.2, 0.25) is 0 Å². The molecule has 0 saturated heterocycles. The summed E-state index contributed by atoms with van der Waals surface area (Å²) in [6, 6.07) is 0. The topological polar surface area (TPSA) is 99.4 Å². The van der Waals surface area contributed by atoms with E-state index in [1.54, 1.807) is 7.11 Å². The molecular formula is C14H20N4O3S. The van der Waals surface area contributed by atoms with E-state index in [9.17, 15) is 4.79 Å². The minimum Gasteiger partial charge on any atom is -0.397 e. The number of fused-ring (bicyclic) bond motifs is 1. The van der Waals surface area contributed by atoms with Crippen LogP contribution in [0.5, 0.6) is 0 Å². The number of nitrogen functional groups attached to an aromatic ring is 1. The summed E-state index contributed by atoms with van der Waals surface area (Å²) >= 11 is 1.26. The lowest BCUT2D eigenvalue weighted by Crippen LogP contribution is -2.27. The summed E-state index contributed by atoms with van der Waals surface area (Å²) in [5.41, 5.74) is 8.35. The number of thiophene rings is 1. The molecule has 0 bridgehead atoms. The van der Waals surface area contributed by atoms with Gasteiger partial charge in [0, 0.05) is 19.0 Å². The molecule has 0 aliphatic heterocycles. The van der Waals surface area contributed by atoms with Crippen LogP contribution in [0.1, 0.15) is 20.9 Å². The predicted molar refractivity (Wildman–Crippen MR) is 86.3 cm³/mol. The van der Waals surface area contributed by atoms with Crippen molar-refractivity contribution in [3.8, 4) is 0 Å². The molecule has 2 aromatic heterocycles. The lowest BCUT2D eigenvalue weighted by molar-refractivity contribution is 0.0693. The minimum absolute atomic E-state index is 0.215. The molecule has 120 valence electrons. The molecule has 0 aliphatic carbocycles. The zero-order valence-corrected chi connectivity index (χ0v) is 13.7. The summed E-state index contributed by atoms with van der Waals surface area (Å²) in [5.74, 6) is -0.215. The molecule has 0 aromatic carbocycles. The van der Waals surface area contributed by atoms with E-state index in [2.05, 4.69) is 15.5 Å². The van der Waals surface area contributed by atoms with Gasteiger partial charge >= 0.3 is 0 Å². The Morgan fingerprint density at radius 2 is 2.05 bits per heavy atom. The van der Waals surface area contributed by atoms with Crippen molar-refractivity contribution >= 4 is 33.1 Å². The van der Waals surface area contributed by atoms with Crippen LogP contribution in [-0.4, -0.2) is 49.6 Å². The number of anilines is 1. The molecule has 0 spiro atoms. The number of methoxy groups -OCH3 is 1. The normalized spacial score (nSPS) is 11.0. The molecule has 0 aliphatic rings. The second kappa shape index (κ2) is 7.48. The van der Waals surface area contributed by atoms with Gasteiger partial charge in [-0.05, 0) is 19.4 Å². The monoisotopic (exact) mass is 324 g/mol. The van der Waals surface area contributed by atoms with Crippen molar-refractivity contribution in [1.29, 1.82) is 0 Å². The second-order valence-electron chi connectivity index (χ2n) is 4.80. The number of aryl methyl sites for hydroxylation is 2. The molecule has 0 radical (unpaired) electrons. The van der Waals surface area contributed by atoms with E-state index in [1.165, 1.54) is 11.3 Å². The van der Waals surface area contributed by atoms with Crippen LogP contribution in [0.4, 0.5) is 5.69 Å². The Bertz CT molecular complexity index is 672. The maximum Gasteiger partial charge on any atom is 0.263 e. The molecule has 0 unspecified atom stereocenters. The largest absolute Gasteiger partial charge is 0.397 e. The molecule has 0 saturated carbocycles. The van der Waals surface area contributed by atoms with Gasteiger partial charge in [0.25, 0.3) is 5.91 Å². The highest BCUT2D eigenvalue weighted by Gasteiger charge is 2.19. The maximum absolute atomic E-state index is 12.2. The fourth-order valence-corrected chi connectivity index (χ4v) is 2.99. The van der Waals surface area contributed by atoms with E-state index in [0.29, 0.717) is 41.8 Å². The first-order valence-corrected chi connectivity index (χ1v) is 7.74. The SMILES string of the molecule is COCCOCCNC(=O)c1sc2nnc(C)c(C)c2c1N. The first-order valence-electron chi connectivity index (χ1n) is 6.93. The van der Waals surface area contributed by atoms with E-state index in [1.807, 2.05) is 13.8 Å². The molecule has 8 heteroatoms. The Morgan fingerprint density at radius 1 is 1.27 bits per heavy atom. The number of carbonyl (C=O) groups is 1. The second-order valence-corrected chi connectivity index (χ2v) is 5.80. The summed E-state index contributed by atoms with van der Waals surface area (Å²) in [6.07, 6.45) is 0.